The number of amides is 1. The average Bonchev–Trinajstić information content (AvgIpc) is 2.72. The summed E-state index contributed by atoms with van der Waals surface area (Å²) in [5, 5.41) is 9.71. The number of hydrogen-bond donors (Lipinski definition) is 3. The van der Waals surface area contributed by atoms with Crippen LogP contribution in [0, 0.1) is 0 Å². The number of hydrogen-bond acceptors (Lipinski definition) is 4. The first-order valence-electron chi connectivity index (χ1n) is 10.7. The highest BCUT2D eigenvalue weighted by atomic mass is 16.5. The molecular weight excluding hydrogens is 366 g/mol. The number of carbonyl (C=O) groups excluding carboxylic acids is 1. The lowest BCUT2D eigenvalue weighted by Crippen LogP contribution is -2.56. The van der Waals surface area contributed by atoms with Crippen LogP contribution in [0.5, 0.6) is 0 Å². The zero-order valence-electron chi connectivity index (χ0n) is 18.4. The Balaban J connectivity index is 1.90. The second kappa shape index (κ2) is 11.8. The Labute approximate surface area is 175 Å². The smallest absolute Gasteiger partial charge is 0.224 e. The molecule has 1 aromatic rings. The van der Waals surface area contributed by atoms with E-state index in [4.69, 9.17) is 9.73 Å². The Morgan fingerprint density at radius 3 is 2.45 bits per heavy atom. The Morgan fingerprint density at radius 1 is 1.14 bits per heavy atom. The topological polar surface area (TPSA) is 78.0 Å². The van der Waals surface area contributed by atoms with Gasteiger partial charge in [0.05, 0.1) is 19.8 Å². The van der Waals surface area contributed by atoms with E-state index >= 15 is 0 Å². The molecule has 0 spiro atoms. The molecule has 0 atom stereocenters. The predicted molar refractivity (Wildman–Crippen MR) is 119 cm³/mol. The van der Waals surface area contributed by atoms with E-state index in [2.05, 4.69) is 41.6 Å². The van der Waals surface area contributed by atoms with E-state index in [1.807, 2.05) is 31.2 Å². The number of aliphatic imine (C=N–C) groups is 1. The minimum Gasteiger partial charge on any atom is -0.379 e. The summed E-state index contributed by atoms with van der Waals surface area (Å²) in [5.41, 5.74) is 1.95. The monoisotopic (exact) mass is 403 g/mol. The maximum Gasteiger partial charge on any atom is 0.224 e. The zero-order chi connectivity index (χ0) is 21.1. The molecule has 7 heteroatoms. The fourth-order valence-electron chi connectivity index (χ4n) is 3.24. The third-order valence-electron chi connectivity index (χ3n) is 5.03. The highest BCUT2D eigenvalue weighted by Gasteiger charge is 2.28. The van der Waals surface area contributed by atoms with Gasteiger partial charge in [0.15, 0.2) is 5.96 Å². The van der Waals surface area contributed by atoms with Crippen molar-refractivity contribution in [2.75, 3.05) is 44.7 Å². The Kier molecular flexibility index (Phi) is 9.41. The van der Waals surface area contributed by atoms with E-state index < -0.39 is 0 Å². The fraction of sp³-hybridized carbons (Fsp3) is 0.636. The molecule has 0 bridgehead atoms. The van der Waals surface area contributed by atoms with E-state index in [1.165, 1.54) is 0 Å². The lowest BCUT2D eigenvalue weighted by molar-refractivity contribution is -0.116. The molecule has 0 aliphatic carbocycles. The van der Waals surface area contributed by atoms with Crippen LogP contribution in [0.2, 0.25) is 0 Å². The molecule has 29 heavy (non-hydrogen) atoms. The maximum atomic E-state index is 11.7. The van der Waals surface area contributed by atoms with E-state index in [0.717, 1.165) is 63.0 Å². The van der Waals surface area contributed by atoms with Gasteiger partial charge in [0.1, 0.15) is 0 Å². The first-order chi connectivity index (χ1) is 13.9. The summed E-state index contributed by atoms with van der Waals surface area (Å²) < 4.78 is 5.47. The van der Waals surface area contributed by atoms with E-state index in [0.29, 0.717) is 13.0 Å². The van der Waals surface area contributed by atoms with E-state index in [1.54, 1.807) is 0 Å². The van der Waals surface area contributed by atoms with Crippen LogP contribution in [0.3, 0.4) is 0 Å². The summed E-state index contributed by atoms with van der Waals surface area (Å²) in [6.07, 6.45) is 1.39. The van der Waals surface area contributed by atoms with Gasteiger partial charge >= 0.3 is 0 Å². The van der Waals surface area contributed by atoms with Crippen LogP contribution in [0.1, 0.15) is 46.1 Å². The number of nitrogens with one attached hydrogen (secondary N) is 3. The third kappa shape index (κ3) is 8.03. The molecule has 2 rings (SSSR count). The molecule has 0 radical (unpaired) electrons. The summed E-state index contributed by atoms with van der Waals surface area (Å²) in [4.78, 5) is 18.9. The molecule has 0 unspecified atom stereocenters. The van der Waals surface area contributed by atoms with E-state index in [9.17, 15) is 4.79 Å². The van der Waals surface area contributed by atoms with Gasteiger partial charge in [-0.2, -0.15) is 0 Å². The minimum absolute atomic E-state index is 0.0261. The van der Waals surface area contributed by atoms with Crippen molar-refractivity contribution < 1.29 is 9.53 Å². The molecular formula is C22H37N5O2. The van der Waals surface area contributed by atoms with Gasteiger partial charge in [-0.05, 0) is 44.9 Å². The fourth-order valence-corrected chi connectivity index (χ4v) is 3.24. The first-order valence-corrected chi connectivity index (χ1v) is 10.7. The zero-order valence-corrected chi connectivity index (χ0v) is 18.4. The van der Waals surface area contributed by atoms with Crippen molar-refractivity contribution in [1.29, 1.82) is 0 Å². The molecule has 1 aliphatic rings. The highest BCUT2D eigenvalue weighted by Crippen LogP contribution is 2.15. The Morgan fingerprint density at radius 2 is 1.83 bits per heavy atom. The molecule has 1 amide bonds. The second-order valence-corrected chi connectivity index (χ2v) is 7.96. The van der Waals surface area contributed by atoms with Crippen LogP contribution >= 0.6 is 0 Å². The van der Waals surface area contributed by atoms with Crippen LogP contribution in [0.4, 0.5) is 5.69 Å². The predicted octanol–water partition coefficient (Wildman–Crippen LogP) is 2.59. The van der Waals surface area contributed by atoms with Crippen molar-refractivity contribution in [3.05, 3.63) is 29.8 Å². The van der Waals surface area contributed by atoms with Crippen molar-refractivity contribution >= 4 is 17.6 Å². The van der Waals surface area contributed by atoms with Gasteiger partial charge in [-0.3, -0.25) is 9.69 Å². The summed E-state index contributed by atoms with van der Waals surface area (Å²) in [7, 11) is 0. The largest absolute Gasteiger partial charge is 0.379 e. The minimum atomic E-state index is 0.0261. The molecule has 0 aromatic heterocycles. The summed E-state index contributed by atoms with van der Waals surface area (Å²) >= 11 is 0. The average molecular weight is 404 g/mol. The Bertz CT molecular complexity index is 652. The van der Waals surface area contributed by atoms with Crippen molar-refractivity contribution in [2.45, 2.75) is 52.6 Å². The summed E-state index contributed by atoms with van der Waals surface area (Å²) in [5.74, 6) is 0.869. The van der Waals surface area contributed by atoms with Gasteiger partial charge in [-0.1, -0.05) is 19.1 Å². The molecule has 1 heterocycles. The number of benzene rings is 1. The third-order valence-corrected chi connectivity index (χ3v) is 5.03. The van der Waals surface area contributed by atoms with Crippen molar-refractivity contribution in [1.82, 2.24) is 15.5 Å². The molecule has 1 aromatic carbocycles. The van der Waals surface area contributed by atoms with Gasteiger partial charge in [-0.15, -0.1) is 0 Å². The summed E-state index contributed by atoms with van der Waals surface area (Å²) in [6, 6.07) is 7.87. The van der Waals surface area contributed by atoms with Gasteiger partial charge in [0, 0.05) is 43.8 Å². The van der Waals surface area contributed by atoms with Crippen molar-refractivity contribution in [3.8, 4) is 0 Å². The highest BCUT2D eigenvalue weighted by molar-refractivity contribution is 5.90. The lowest BCUT2D eigenvalue weighted by Gasteiger charge is -2.41. The van der Waals surface area contributed by atoms with Gasteiger partial charge < -0.3 is 20.7 Å². The van der Waals surface area contributed by atoms with Crippen LogP contribution < -0.4 is 16.0 Å². The van der Waals surface area contributed by atoms with Crippen molar-refractivity contribution in [3.63, 3.8) is 0 Å². The number of morpholine rings is 1. The first kappa shape index (κ1) is 23.2. The molecule has 0 saturated carbocycles. The quantitative estimate of drug-likeness (QED) is 0.436. The molecule has 7 nitrogen and oxygen atoms in total. The van der Waals surface area contributed by atoms with Gasteiger partial charge in [0.25, 0.3) is 0 Å². The molecule has 1 aliphatic heterocycles. The lowest BCUT2D eigenvalue weighted by atomic mass is 10.0. The van der Waals surface area contributed by atoms with Gasteiger partial charge in [-0.25, -0.2) is 4.99 Å². The number of nitrogens with zero attached hydrogens (tertiary/aromatic N) is 2. The van der Waals surface area contributed by atoms with E-state index in [-0.39, 0.29) is 11.4 Å². The normalized spacial score (nSPS) is 15.8. The van der Waals surface area contributed by atoms with Crippen LogP contribution in [0.15, 0.2) is 29.3 Å². The SMILES string of the molecule is CCCC(=O)Nc1ccc(CN=C(NCC)NCC(C)(C)N2CCOCC2)cc1. The maximum absolute atomic E-state index is 11.7. The van der Waals surface area contributed by atoms with Crippen LogP contribution in [-0.4, -0.2) is 61.7 Å². The standard InChI is InChI=1S/C22H37N5O2/c1-5-7-20(28)26-19-10-8-18(9-11-19)16-24-21(23-6-2)25-17-22(3,4)27-12-14-29-15-13-27/h8-11H,5-7,12-17H2,1-4H3,(H,26,28)(H2,23,24,25). The number of carbonyl (C=O) groups is 1. The van der Waals surface area contributed by atoms with Gasteiger partial charge in [0.2, 0.25) is 5.91 Å². The summed E-state index contributed by atoms with van der Waals surface area (Å²) in [6.45, 7) is 14.3. The van der Waals surface area contributed by atoms with Crippen molar-refractivity contribution in [2.24, 2.45) is 4.99 Å². The number of rotatable bonds is 9. The Hall–Kier alpha value is -2.12. The number of ether oxygens (including phenoxy) is 1. The number of guanidine groups is 1. The molecule has 3 N–H and O–H groups in total. The molecule has 1 fully saturated rings. The number of anilines is 1. The molecule has 162 valence electrons. The van der Waals surface area contributed by atoms with Crippen LogP contribution in [0.25, 0.3) is 0 Å². The van der Waals surface area contributed by atoms with Crippen LogP contribution in [-0.2, 0) is 16.1 Å². The second-order valence-electron chi connectivity index (χ2n) is 7.96. The molecule has 1 saturated heterocycles.